The van der Waals surface area contributed by atoms with E-state index in [2.05, 4.69) is 14.7 Å². The van der Waals surface area contributed by atoms with Gasteiger partial charge in [-0.25, -0.2) is 14.2 Å². The van der Waals surface area contributed by atoms with Crippen molar-refractivity contribution in [2.75, 3.05) is 4.72 Å². The van der Waals surface area contributed by atoms with E-state index in [1.165, 1.54) is 12.4 Å². The Morgan fingerprint density at radius 2 is 2.10 bits per heavy atom. The Kier molecular flexibility index (Phi) is 2.30. The molecule has 1 aromatic rings. The topological polar surface area (TPSA) is 75.1 Å². The number of anilines is 1. The summed E-state index contributed by atoms with van der Waals surface area (Å²) in [5.41, 5.74) is 0. The Labute approximate surface area is 59.9 Å². The van der Waals surface area contributed by atoms with Crippen LogP contribution in [0.2, 0.25) is 0 Å². The van der Waals surface area contributed by atoms with Crippen LogP contribution in [0.4, 0.5) is 5.95 Å². The molecule has 1 aromatic heterocycles. The molecular weight excluding hydrogens is 154 g/mol. The van der Waals surface area contributed by atoms with E-state index in [0.717, 1.165) is 0 Å². The van der Waals surface area contributed by atoms with Crippen LogP contribution in [0.5, 0.6) is 0 Å². The van der Waals surface area contributed by atoms with Crippen LogP contribution in [0.25, 0.3) is 0 Å². The number of nitrogens with one attached hydrogen (secondary N) is 1. The third-order valence-electron chi connectivity index (χ3n) is 0.744. The van der Waals surface area contributed by atoms with Gasteiger partial charge in [-0.15, -0.1) is 0 Å². The van der Waals surface area contributed by atoms with Crippen molar-refractivity contribution in [3.05, 3.63) is 18.5 Å². The van der Waals surface area contributed by atoms with Crippen molar-refractivity contribution < 1.29 is 8.76 Å². The number of hydrogen-bond acceptors (Lipinski definition) is 3. The highest BCUT2D eigenvalue weighted by Crippen LogP contribution is 1.92. The van der Waals surface area contributed by atoms with Gasteiger partial charge in [0.15, 0.2) is 0 Å². The third-order valence-corrected chi connectivity index (χ3v) is 1.10. The van der Waals surface area contributed by atoms with Gasteiger partial charge >= 0.3 is 0 Å². The molecule has 10 heavy (non-hydrogen) atoms. The number of nitrogens with zero attached hydrogens (tertiary/aromatic N) is 2. The van der Waals surface area contributed by atoms with Crippen molar-refractivity contribution >= 4 is 17.2 Å². The van der Waals surface area contributed by atoms with Crippen LogP contribution in [-0.2, 0) is 11.3 Å². The quantitative estimate of drug-likeness (QED) is 0.597. The fourth-order valence-corrected chi connectivity index (χ4v) is 0.691. The Hall–Kier alpha value is -1.01. The van der Waals surface area contributed by atoms with Gasteiger partial charge in [-0.2, -0.15) is 0 Å². The summed E-state index contributed by atoms with van der Waals surface area (Å²) in [4.78, 5) is 7.29. The van der Waals surface area contributed by atoms with Crippen LogP contribution in [0.3, 0.4) is 0 Å². The summed E-state index contributed by atoms with van der Waals surface area (Å²) in [6.45, 7) is 0. The van der Waals surface area contributed by atoms with Gasteiger partial charge in [-0.1, -0.05) is 0 Å². The van der Waals surface area contributed by atoms with Crippen molar-refractivity contribution in [2.45, 2.75) is 0 Å². The van der Waals surface area contributed by atoms with Gasteiger partial charge in [-0.05, 0) is 6.07 Å². The Morgan fingerprint density at radius 3 is 2.60 bits per heavy atom. The lowest BCUT2D eigenvalue weighted by Crippen LogP contribution is -2.04. The van der Waals surface area contributed by atoms with E-state index >= 15 is 0 Å². The summed E-state index contributed by atoms with van der Waals surface area (Å²) in [7, 11) is 0. The van der Waals surface area contributed by atoms with Gasteiger partial charge in [-0.3, -0.25) is 9.27 Å². The molecule has 1 atom stereocenters. The fourth-order valence-electron chi connectivity index (χ4n) is 0.430. The first kappa shape index (κ1) is 7.10. The Balaban J connectivity index is 2.67. The smallest absolute Gasteiger partial charge is 0.261 e. The molecule has 0 aliphatic carbocycles. The number of rotatable bonds is 2. The van der Waals surface area contributed by atoms with E-state index in [1.807, 2.05) is 0 Å². The van der Waals surface area contributed by atoms with Crippen LogP contribution in [0.1, 0.15) is 0 Å². The molecule has 5 nitrogen and oxygen atoms in total. The van der Waals surface area contributed by atoms with Crippen molar-refractivity contribution in [2.24, 2.45) is 0 Å². The second-order valence-corrected chi connectivity index (χ2v) is 2.13. The molecule has 54 valence electrons. The summed E-state index contributed by atoms with van der Waals surface area (Å²) in [5.74, 6) is 0.142. The minimum Gasteiger partial charge on any atom is -0.289 e. The molecule has 0 spiro atoms. The molecule has 6 heteroatoms. The minimum absolute atomic E-state index is 0.142. The number of aromatic nitrogens is 2. The Bertz CT molecular complexity index is 227. The minimum atomic E-state index is -2.09. The fraction of sp³-hybridized carbons (Fsp3) is 0. The van der Waals surface area contributed by atoms with Crippen LogP contribution < -0.4 is 4.72 Å². The first-order valence-corrected chi connectivity index (χ1v) is 3.54. The molecule has 0 saturated heterocycles. The van der Waals surface area contributed by atoms with E-state index in [1.54, 1.807) is 6.07 Å². The van der Waals surface area contributed by atoms with Crippen LogP contribution in [-0.4, -0.2) is 18.7 Å². The maximum Gasteiger partial charge on any atom is 0.261 e. The van der Waals surface area contributed by atoms with E-state index in [9.17, 15) is 4.21 Å². The summed E-state index contributed by atoms with van der Waals surface area (Å²) in [6.07, 6.45) is 2.95. The molecule has 0 saturated carbocycles. The molecule has 0 radical (unpaired) electrons. The molecule has 0 aromatic carbocycles. The summed E-state index contributed by atoms with van der Waals surface area (Å²) < 4.78 is 20.5. The first-order valence-electron chi connectivity index (χ1n) is 2.43. The standard InChI is InChI=1S/C4H5N3O2S/c8-10(9)7-4-5-2-1-3-6-4/h1-3H,(H,8,9)(H,5,6,7). The van der Waals surface area contributed by atoms with Crippen molar-refractivity contribution in [3.63, 3.8) is 0 Å². The van der Waals surface area contributed by atoms with Gasteiger partial charge in [0, 0.05) is 12.4 Å². The largest absolute Gasteiger partial charge is 0.289 e. The van der Waals surface area contributed by atoms with E-state index in [-0.39, 0.29) is 5.95 Å². The SMILES string of the molecule is O=S(O)Nc1ncccn1. The molecule has 0 amide bonds. The molecule has 0 aliphatic rings. The second-order valence-electron chi connectivity index (χ2n) is 1.42. The first-order chi connectivity index (χ1) is 4.79. The lowest BCUT2D eigenvalue weighted by atomic mass is 10.7. The van der Waals surface area contributed by atoms with E-state index in [0.29, 0.717) is 0 Å². The summed E-state index contributed by atoms with van der Waals surface area (Å²) >= 11 is -2.09. The predicted octanol–water partition coefficient (Wildman–Crippen LogP) is 0.0252. The Morgan fingerprint density at radius 1 is 1.50 bits per heavy atom. The van der Waals surface area contributed by atoms with Crippen molar-refractivity contribution in [1.82, 2.24) is 9.97 Å². The monoisotopic (exact) mass is 159 g/mol. The third kappa shape index (κ3) is 2.08. The van der Waals surface area contributed by atoms with Gasteiger partial charge in [0.05, 0.1) is 0 Å². The average molecular weight is 159 g/mol. The molecular formula is C4H5N3O2S. The lowest BCUT2D eigenvalue weighted by Gasteiger charge is -1.94. The maximum atomic E-state index is 10.1. The molecule has 0 fully saturated rings. The average Bonchev–Trinajstić information content (AvgIpc) is 1.88. The summed E-state index contributed by atoms with van der Waals surface area (Å²) in [5, 5.41) is 0. The maximum absolute atomic E-state index is 10.1. The van der Waals surface area contributed by atoms with Crippen LogP contribution >= 0.6 is 0 Å². The van der Waals surface area contributed by atoms with Gasteiger partial charge < -0.3 is 0 Å². The number of hydrogen-bond donors (Lipinski definition) is 2. The van der Waals surface area contributed by atoms with Crippen molar-refractivity contribution in [3.8, 4) is 0 Å². The highest BCUT2D eigenvalue weighted by molar-refractivity contribution is 7.80. The zero-order valence-electron chi connectivity index (χ0n) is 4.89. The molecule has 0 bridgehead atoms. The molecule has 1 heterocycles. The van der Waals surface area contributed by atoms with Gasteiger partial charge in [0.2, 0.25) is 5.95 Å². The van der Waals surface area contributed by atoms with Crippen LogP contribution in [0, 0.1) is 0 Å². The molecule has 1 unspecified atom stereocenters. The highest BCUT2D eigenvalue weighted by Gasteiger charge is 1.93. The molecule has 2 N–H and O–H groups in total. The normalized spacial score (nSPS) is 12.5. The van der Waals surface area contributed by atoms with Crippen LogP contribution in [0.15, 0.2) is 18.5 Å². The lowest BCUT2D eigenvalue weighted by molar-refractivity contribution is 0.569. The highest BCUT2D eigenvalue weighted by atomic mass is 32.2. The predicted molar refractivity (Wildman–Crippen MR) is 36.4 cm³/mol. The molecule has 0 aliphatic heterocycles. The van der Waals surface area contributed by atoms with E-state index in [4.69, 9.17) is 4.55 Å². The zero-order chi connectivity index (χ0) is 7.40. The van der Waals surface area contributed by atoms with E-state index < -0.39 is 11.3 Å². The zero-order valence-corrected chi connectivity index (χ0v) is 5.71. The van der Waals surface area contributed by atoms with Gasteiger partial charge in [0.25, 0.3) is 11.3 Å². The van der Waals surface area contributed by atoms with Gasteiger partial charge in [0.1, 0.15) is 0 Å². The summed E-state index contributed by atoms with van der Waals surface area (Å²) in [6, 6.07) is 1.62. The van der Waals surface area contributed by atoms with Crippen molar-refractivity contribution in [1.29, 1.82) is 0 Å². The second kappa shape index (κ2) is 3.23. The molecule has 1 rings (SSSR count).